The third kappa shape index (κ3) is 3.81. The van der Waals surface area contributed by atoms with Crippen LogP contribution in [0.25, 0.3) is 11.0 Å². The predicted molar refractivity (Wildman–Crippen MR) is 117 cm³/mol. The summed E-state index contributed by atoms with van der Waals surface area (Å²) in [5, 5.41) is 11.5. The van der Waals surface area contributed by atoms with Gasteiger partial charge in [0.05, 0.1) is 18.7 Å². The second-order valence-electron chi connectivity index (χ2n) is 7.62. The van der Waals surface area contributed by atoms with Crippen LogP contribution in [0.15, 0.2) is 70.3 Å². The number of hydrogen-bond donors (Lipinski definition) is 1. The van der Waals surface area contributed by atoms with E-state index in [-0.39, 0.29) is 11.3 Å². The molecule has 1 atom stereocenters. The molecule has 2 aromatic carbocycles. The number of amides is 1. The standard InChI is InChI=1S/C25H25NO5/c1-3-4-7-14-26-22(16-10-12-18(30-2)13-11-16)21(24(28)25(26)29)23(27)20-15-17-8-5-6-9-19(17)31-20/h5-6,8-13,15,22,28H,3-4,7,14H2,1-2H3. The summed E-state index contributed by atoms with van der Waals surface area (Å²) >= 11 is 0. The maximum absolute atomic E-state index is 13.4. The molecule has 0 spiro atoms. The average molecular weight is 419 g/mol. The number of ether oxygens (including phenoxy) is 1. The van der Waals surface area contributed by atoms with E-state index in [9.17, 15) is 14.7 Å². The number of fused-ring (bicyclic) bond motifs is 1. The van der Waals surface area contributed by atoms with Crippen molar-refractivity contribution < 1.29 is 23.8 Å². The van der Waals surface area contributed by atoms with Gasteiger partial charge in [0.15, 0.2) is 11.5 Å². The monoisotopic (exact) mass is 419 g/mol. The topological polar surface area (TPSA) is 80.0 Å². The predicted octanol–water partition coefficient (Wildman–Crippen LogP) is 5.21. The van der Waals surface area contributed by atoms with Crippen molar-refractivity contribution in [3.05, 3.63) is 77.3 Å². The van der Waals surface area contributed by atoms with Crippen LogP contribution in [0.2, 0.25) is 0 Å². The number of carbonyl (C=O) groups is 2. The molecule has 2 heterocycles. The van der Waals surface area contributed by atoms with E-state index in [0.717, 1.165) is 30.2 Å². The summed E-state index contributed by atoms with van der Waals surface area (Å²) in [7, 11) is 1.58. The molecule has 0 bridgehead atoms. The summed E-state index contributed by atoms with van der Waals surface area (Å²) in [6.45, 7) is 2.53. The van der Waals surface area contributed by atoms with Gasteiger partial charge in [0.25, 0.3) is 5.91 Å². The summed E-state index contributed by atoms with van der Waals surface area (Å²) in [6, 6.07) is 15.5. The molecule has 1 aliphatic rings. The molecule has 0 saturated carbocycles. The summed E-state index contributed by atoms with van der Waals surface area (Å²) < 4.78 is 11.0. The molecule has 1 amide bonds. The van der Waals surface area contributed by atoms with Crippen molar-refractivity contribution in [1.82, 2.24) is 4.90 Å². The van der Waals surface area contributed by atoms with Gasteiger partial charge in [-0.05, 0) is 36.2 Å². The molecule has 3 aromatic rings. The van der Waals surface area contributed by atoms with Gasteiger partial charge in [-0.2, -0.15) is 0 Å². The van der Waals surface area contributed by atoms with E-state index >= 15 is 0 Å². The number of nitrogens with zero attached hydrogens (tertiary/aromatic N) is 1. The quantitative estimate of drug-likeness (QED) is 0.400. The lowest BCUT2D eigenvalue weighted by Crippen LogP contribution is -2.32. The first-order valence-corrected chi connectivity index (χ1v) is 10.5. The van der Waals surface area contributed by atoms with Crippen molar-refractivity contribution in [3.8, 4) is 5.75 Å². The lowest BCUT2D eigenvalue weighted by Gasteiger charge is -2.26. The van der Waals surface area contributed by atoms with Crippen LogP contribution in [0.3, 0.4) is 0 Å². The molecule has 31 heavy (non-hydrogen) atoms. The molecule has 6 nitrogen and oxygen atoms in total. The molecular weight excluding hydrogens is 394 g/mol. The SMILES string of the molecule is CCCCCN1C(=O)C(O)=C(C(=O)c2cc3ccccc3o2)C1c1ccc(OC)cc1. The molecule has 1 aromatic heterocycles. The van der Waals surface area contributed by atoms with E-state index in [2.05, 4.69) is 6.92 Å². The second kappa shape index (κ2) is 8.68. The maximum Gasteiger partial charge on any atom is 0.290 e. The van der Waals surface area contributed by atoms with Crippen molar-refractivity contribution in [1.29, 1.82) is 0 Å². The van der Waals surface area contributed by atoms with Crippen LogP contribution in [-0.4, -0.2) is 35.4 Å². The van der Waals surface area contributed by atoms with Crippen LogP contribution in [0.1, 0.15) is 48.3 Å². The van der Waals surface area contributed by atoms with Crippen LogP contribution < -0.4 is 4.74 Å². The van der Waals surface area contributed by atoms with Crippen molar-refractivity contribution in [2.24, 2.45) is 0 Å². The molecule has 0 aliphatic carbocycles. The Balaban J connectivity index is 1.76. The smallest absolute Gasteiger partial charge is 0.290 e. The number of hydrogen-bond acceptors (Lipinski definition) is 5. The molecule has 4 rings (SSSR count). The van der Waals surface area contributed by atoms with Crippen molar-refractivity contribution in [2.45, 2.75) is 32.2 Å². The number of carbonyl (C=O) groups excluding carboxylic acids is 2. The zero-order valence-corrected chi connectivity index (χ0v) is 17.6. The molecule has 1 unspecified atom stereocenters. The second-order valence-corrected chi connectivity index (χ2v) is 7.62. The first kappa shape index (κ1) is 20.7. The molecule has 0 fully saturated rings. The number of furan rings is 1. The Morgan fingerprint density at radius 3 is 2.55 bits per heavy atom. The van der Waals surface area contributed by atoms with Crippen LogP contribution >= 0.6 is 0 Å². The number of aliphatic hydroxyl groups is 1. The number of benzene rings is 2. The van der Waals surface area contributed by atoms with Gasteiger partial charge in [0.2, 0.25) is 5.78 Å². The lowest BCUT2D eigenvalue weighted by atomic mass is 9.94. The fourth-order valence-corrected chi connectivity index (χ4v) is 4.01. The Morgan fingerprint density at radius 2 is 1.87 bits per heavy atom. The summed E-state index contributed by atoms with van der Waals surface area (Å²) in [5.74, 6) is -0.756. The Kier molecular flexibility index (Phi) is 5.80. The largest absolute Gasteiger partial charge is 0.503 e. The van der Waals surface area contributed by atoms with Crippen LogP contribution in [0.4, 0.5) is 0 Å². The fourth-order valence-electron chi connectivity index (χ4n) is 4.01. The highest BCUT2D eigenvalue weighted by Gasteiger charge is 2.44. The first-order valence-electron chi connectivity index (χ1n) is 10.5. The molecule has 0 radical (unpaired) electrons. The number of Topliss-reactive ketones (excluding diaryl/α,β-unsaturated/α-hetero) is 1. The first-order chi connectivity index (χ1) is 15.0. The number of methoxy groups -OCH3 is 1. The number of ketones is 1. The van der Waals surface area contributed by atoms with E-state index in [4.69, 9.17) is 9.15 Å². The van der Waals surface area contributed by atoms with Gasteiger partial charge in [-0.3, -0.25) is 9.59 Å². The lowest BCUT2D eigenvalue weighted by molar-refractivity contribution is -0.129. The minimum Gasteiger partial charge on any atom is -0.503 e. The number of unbranched alkanes of at least 4 members (excludes halogenated alkanes) is 2. The Hall–Kier alpha value is -3.54. The molecule has 0 saturated heterocycles. The Morgan fingerprint density at radius 1 is 1.13 bits per heavy atom. The van der Waals surface area contributed by atoms with Crippen LogP contribution in [0.5, 0.6) is 5.75 Å². The van der Waals surface area contributed by atoms with Crippen molar-refractivity contribution >= 4 is 22.7 Å². The third-order valence-corrected chi connectivity index (χ3v) is 5.63. The number of rotatable bonds is 8. The minimum absolute atomic E-state index is 0.0470. The van der Waals surface area contributed by atoms with E-state index in [1.807, 2.05) is 30.3 Å². The normalized spacial score (nSPS) is 16.4. The molecule has 1 N–H and O–H groups in total. The molecular formula is C25H25NO5. The molecule has 160 valence electrons. The Bertz CT molecular complexity index is 1110. The van der Waals surface area contributed by atoms with E-state index in [1.54, 1.807) is 36.3 Å². The molecule has 6 heteroatoms. The van der Waals surface area contributed by atoms with Gasteiger partial charge in [-0.15, -0.1) is 0 Å². The van der Waals surface area contributed by atoms with E-state index < -0.39 is 23.5 Å². The Labute approximate surface area is 180 Å². The highest BCUT2D eigenvalue weighted by Crippen LogP contribution is 2.40. The number of aliphatic hydroxyl groups excluding tert-OH is 1. The highest BCUT2D eigenvalue weighted by molar-refractivity contribution is 6.16. The van der Waals surface area contributed by atoms with E-state index in [1.165, 1.54) is 0 Å². The summed E-state index contributed by atoms with van der Waals surface area (Å²) in [6.07, 6.45) is 2.74. The summed E-state index contributed by atoms with van der Waals surface area (Å²) in [5.41, 5.74) is 1.36. The zero-order chi connectivity index (χ0) is 22.0. The maximum atomic E-state index is 13.4. The third-order valence-electron chi connectivity index (χ3n) is 5.63. The van der Waals surface area contributed by atoms with Gasteiger partial charge in [0, 0.05) is 11.9 Å². The van der Waals surface area contributed by atoms with Crippen molar-refractivity contribution in [2.75, 3.05) is 13.7 Å². The van der Waals surface area contributed by atoms with E-state index in [0.29, 0.717) is 17.9 Å². The van der Waals surface area contributed by atoms with Gasteiger partial charge >= 0.3 is 0 Å². The van der Waals surface area contributed by atoms with Gasteiger partial charge in [-0.25, -0.2) is 0 Å². The highest BCUT2D eigenvalue weighted by atomic mass is 16.5. The van der Waals surface area contributed by atoms with Gasteiger partial charge in [-0.1, -0.05) is 50.1 Å². The van der Waals surface area contributed by atoms with Crippen molar-refractivity contribution in [3.63, 3.8) is 0 Å². The average Bonchev–Trinajstić information content (AvgIpc) is 3.34. The van der Waals surface area contributed by atoms with Crippen LogP contribution in [-0.2, 0) is 4.79 Å². The molecule has 1 aliphatic heterocycles. The van der Waals surface area contributed by atoms with Gasteiger partial charge in [0.1, 0.15) is 11.3 Å². The fraction of sp³-hybridized carbons (Fsp3) is 0.280. The van der Waals surface area contributed by atoms with Crippen LogP contribution in [0, 0.1) is 0 Å². The summed E-state index contributed by atoms with van der Waals surface area (Å²) in [4.78, 5) is 27.9. The zero-order valence-electron chi connectivity index (χ0n) is 17.6. The number of para-hydroxylation sites is 1. The van der Waals surface area contributed by atoms with Gasteiger partial charge < -0.3 is 19.2 Å². The minimum atomic E-state index is -0.684.